The van der Waals surface area contributed by atoms with Crippen molar-refractivity contribution in [1.29, 1.82) is 0 Å². The first-order chi connectivity index (χ1) is 9.74. The smallest absolute Gasteiger partial charge is 0.253 e. The summed E-state index contributed by atoms with van der Waals surface area (Å²) in [5.41, 5.74) is 0. The van der Waals surface area contributed by atoms with Gasteiger partial charge < -0.3 is 15.0 Å². The van der Waals surface area contributed by atoms with Gasteiger partial charge in [0, 0.05) is 26.2 Å². The Kier molecular flexibility index (Phi) is 11.4. The summed E-state index contributed by atoms with van der Waals surface area (Å²) in [6.07, 6.45) is 3.26. The number of ether oxygens (including phenoxy) is 1. The molecule has 1 unspecified atom stereocenters. The molecule has 0 aromatic rings. The zero-order valence-corrected chi connectivity index (χ0v) is 15.4. The lowest BCUT2D eigenvalue weighted by atomic mass is 9.93. The second-order valence-corrected chi connectivity index (χ2v) is 5.91. The van der Waals surface area contributed by atoms with Crippen LogP contribution in [-0.2, 0) is 9.53 Å². The van der Waals surface area contributed by atoms with Crippen molar-refractivity contribution in [2.75, 3.05) is 52.9 Å². The summed E-state index contributed by atoms with van der Waals surface area (Å²) in [7, 11) is 2.00. The van der Waals surface area contributed by atoms with Crippen LogP contribution in [0.25, 0.3) is 0 Å². The van der Waals surface area contributed by atoms with Gasteiger partial charge in [0.15, 0.2) is 0 Å². The molecule has 2 saturated heterocycles. The minimum atomic E-state index is -0.238. The molecule has 1 atom stereocenters. The van der Waals surface area contributed by atoms with E-state index in [-0.39, 0.29) is 36.8 Å². The predicted molar refractivity (Wildman–Crippen MR) is 94.2 cm³/mol. The van der Waals surface area contributed by atoms with Crippen LogP contribution in [0.15, 0.2) is 0 Å². The van der Waals surface area contributed by atoms with E-state index in [0.717, 1.165) is 58.0 Å². The average Bonchev–Trinajstić information content (AvgIpc) is 2.52. The first-order valence-corrected chi connectivity index (χ1v) is 8.02. The van der Waals surface area contributed by atoms with Crippen LogP contribution < -0.4 is 5.32 Å². The number of hydrogen-bond acceptors (Lipinski definition) is 4. The molecule has 132 valence electrons. The molecule has 1 amide bonds. The maximum Gasteiger partial charge on any atom is 0.253 e. The average molecular weight is 356 g/mol. The summed E-state index contributed by atoms with van der Waals surface area (Å²) in [4.78, 5) is 16.8. The molecule has 5 nitrogen and oxygen atoms in total. The van der Waals surface area contributed by atoms with E-state index in [9.17, 15) is 4.79 Å². The number of carbonyl (C=O) groups excluding carboxylic acids is 1. The van der Waals surface area contributed by atoms with Crippen LogP contribution in [0.3, 0.4) is 0 Å². The van der Waals surface area contributed by atoms with Crippen LogP contribution in [0.5, 0.6) is 0 Å². The van der Waals surface area contributed by atoms with Crippen molar-refractivity contribution in [2.24, 2.45) is 5.92 Å². The third kappa shape index (κ3) is 6.20. The number of rotatable bonds is 5. The maximum absolute atomic E-state index is 12.5. The lowest BCUT2D eigenvalue weighted by Gasteiger charge is -2.37. The molecule has 22 heavy (non-hydrogen) atoms. The van der Waals surface area contributed by atoms with Gasteiger partial charge in [-0.3, -0.25) is 9.69 Å². The first kappa shape index (κ1) is 21.9. The van der Waals surface area contributed by atoms with Gasteiger partial charge in [-0.05, 0) is 45.3 Å². The summed E-state index contributed by atoms with van der Waals surface area (Å²) in [5, 5.41) is 3.21. The Morgan fingerprint density at radius 1 is 1.23 bits per heavy atom. The fraction of sp³-hybridized carbons (Fsp3) is 0.933. The number of likely N-dealkylation sites (N-methyl/N-ethyl adjacent to an activating group) is 1. The summed E-state index contributed by atoms with van der Waals surface area (Å²) in [6, 6.07) is 0. The van der Waals surface area contributed by atoms with E-state index in [4.69, 9.17) is 4.74 Å². The van der Waals surface area contributed by atoms with Crippen LogP contribution in [0.4, 0.5) is 0 Å². The number of carbonyl (C=O) groups is 1. The van der Waals surface area contributed by atoms with E-state index in [0.29, 0.717) is 6.61 Å². The van der Waals surface area contributed by atoms with E-state index in [1.807, 2.05) is 11.9 Å². The van der Waals surface area contributed by atoms with Gasteiger partial charge in [-0.25, -0.2) is 0 Å². The van der Waals surface area contributed by atoms with E-state index >= 15 is 0 Å². The lowest BCUT2D eigenvalue weighted by molar-refractivity contribution is -0.150. The maximum atomic E-state index is 12.5. The molecular formula is C15H31Cl2N3O2. The van der Waals surface area contributed by atoms with Gasteiger partial charge >= 0.3 is 0 Å². The standard InChI is InChI=1S/C15H29N3O2.2ClH/c1-3-17-10-11-20-14(12-17)15(19)18-8-5-13(6-9-18)4-7-16-2;;/h13-14,16H,3-12H2,1-2H3;2*1H. The summed E-state index contributed by atoms with van der Waals surface area (Å²) >= 11 is 0. The zero-order chi connectivity index (χ0) is 14.4. The highest BCUT2D eigenvalue weighted by molar-refractivity contribution is 5.85. The highest BCUT2D eigenvalue weighted by Gasteiger charge is 2.31. The van der Waals surface area contributed by atoms with E-state index in [1.54, 1.807) is 0 Å². The van der Waals surface area contributed by atoms with E-state index < -0.39 is 0 Å². The van der Waals surface area contributed by atoms with Crippen LogP contribution in [-0.4, -0.2) is 74.7 Å². The molecule has 7 heteroatoms. The third-order valence-electron chi connectivity index (χ3n) is 4.60. The fourth-order valence-corrected chi connectivity index (χ4v) is 3.13. The third-order valence-corrected chi connectivity index (χ3v) is 4.60. The van der Waals surface area contributed by atoms with Gasteiger partial charge in [-0.1, -0.05) is 6.92 Å². The van der Waals surface area contributed by atoms with Gasteiger partial charge in [-0.2, -0.15) is 0 Å². The van der Waals surface area contributed by atoms with Crippen molar-refractivity contribution >= 4 is 30.7 Å². The zero-order valence-electron chi connectivity index (χ0n) is 13.8. The number of halogens is 2. The van der Waals surface area contributed by atoms with Gasteiger partial charge in [0.05, 0.1) is 6.61 Å². The van der Waals surface area contributed by atoms with Gasteiger partial charge in [-0.15, -0.1) is 24.8 Å². The van der Waals surface area contributed by atoms with Crippen LogP contribution >= 0.6 is 24.8 Å². The Labute approximate surface area is 146 Å². The molecule has 2 rings (SSSR count). The van der Waals surface area contributed by atoms with Crippen LogP contribution in [0, 0.1) is 5.92 Å². The SMILES string of the molecule is CCN1CCOC(C(=O)N2CCC(CCNC)CC2)C1.Cl.Cl. The predicted octanol–water partition coefficient (Wildman–Crippen LogP) is 1.40. The van der Waals surface area contributed by atoms with Crippen molar-refractivity contribution in [3.05, 3.63) is 0 Å². The number of amides is 1. The summed E-state index contributed by atoms with van der Waals surface area (Å²) in [6.45, 7) is 8.41. The minimum Gasteiger partial charge on any atom is -0.366 e. The number of nitrogens with zero attached hydrogens (tertiary/aromatic N) is 2. The molecule has 2 heterocycles. The van der Waals surface area contributed by atoms with Crippen molar-refractivity contribution < 1.29 is 9.53 Å². The van der Waals surface area contributed by atoms with Gasteiger partial charge in [0.1, 0.15) is 6.10 Å². The van der Waals surface area contributed by atoms with Crippen molar-refractivity contribution in [2.45, 2.75) is 32.3 Å². The van der Waals surface area contributed by atoms with Crippen molar-refractivity contribution in [3.8, 4) is 0 Å². The van der Waals surface area contributed by atoms with Gasteiger partial charge in [0.2, 0.25) is 0 Å². The molecule has 0 saturated carbocycles. The molecule has 1 N–H and O–H groups in total. The van der Waals surface area contributed by atoms with E-state index in [1.165, 1.54) is 6.42 Å². The highest BCUT2D eigenvalue weighted by atomic mass is 35.5. The topological polar surface area (TPSA) is 44.8 Å². The molecule has 0 aliphatic carbocycles. The van der Waals surface area contributed by atoms with Crippen LogP contribution in [0.2, 0.25) is 0 Å². The number of morpholine rings is 1. The molecule has 2 aliphatic rings. The number of nitrogens with one attached hydrogen (secondary N) is 1. The molecule has 0 aromatic heterocycles. The Bertz CT molecular complexity index is 313. The Morgan fingerprint density at radius 3 is 2.50 bits per heavy atom. The Morgan fingerprint density at radius 2 is 1.91 bits per heavy atom. The van der Waals surface area contributed by atoms with E-state index in [2.05, 4.69) is 17.1 Å². The molecule has 0 spiro atoms. The summed E-state index contributed by atoms with van der Waals surface area (Å²) < 4.78 is 5.67. The minimum absolute atomic E-state index is 0. The molecular weight excluding hydrogens is 325 g/mol. The second kappa shape index (κ2) is 11.5. The Balaban J connectivity index is 0.00000220. The fourth-order valence-electron chi connectivity index (χ4n) is 3.13. The highest BCUT2D eigenvalue weighted by Crippen LogP contribution is 2.21. The largest absolute Gasteiger partial charge is 0.366 e. The molecule has 0 radical (unpaired) electrons. The number of hydrogen-bond donors (Lipinski definition) is 1. The van der Waals surface area contributed by atoms with Crippen molar-refractivity contribution in [3.63, 3.8) is 0 Å². The normalized spacial score (nSPS) is 23.5. The molecule has 2 aliphatic heterocycles. The number of piperidine rings is 1. The first-order valence-electron chi connectivity index (χ1n) is 8.02. The lowest BCUT2D eigenvalue weighted by Crippen LogP contribution is -2.52. The van der Waals surface area contributed by atoms with Gasteiger partial charge in [0.25, 0.3) is 5.91 Å². The number of likely N-dealkylation sites (tertiary alicyclic amines) is 1. The molecule has 0 aromatic carbocycles. The monoisotopic (exact) mass is 355 g/mol. The summed E-state index contributed by atoms with van der Waals surface area (Å²) in [5.74, 6) is 0.973. The quantitative estimate of drug-likeness (QED) is 0.809. The molecule has 0 bridgehead atoms. The van der Waals surface area contributed by atoms with Crippen molar-refractivity contribution in [1.82, 2.24) is 15.1 Å². The molecule has 2 fully saturated rings. The second-order valence-electron chi connectivity index (χ2n) is 5.91. The van der Waals surface area contributed by atoms with Crippen LogP contribution in [0.1, 0.15) is 26.2 Å². The Hall–Kier alpha value is -0.0700.